The minimum Gasteiger partial charge on any atom is -0.545 e. The number of aromatic carboxylic acids is 1. The number of pyridine rings is 1. The third kappa shape index (κ3) is 10.7. The van der Waals surface area contributed by atoms with E-state index in [2.05, 4.69) is 11.9 Å². The molecule has 8 heteroatoms. The zero-order valence-electron chi connectivity index (χ0n) is 20.9. The number of unbranched alkanes of at least 4 members (excludes halogenated alkanes) is 9. The van der Waals surface area contributed by atoms with E-state index in [1.54, 1.807) is 18.2 Å². The Hall–Kier alpha value is -3.00. The zero-order valence-corrected chi connectivity index (χ0v) is 21.7. The van der Waals surface area contributed by atoms with Gasteiger partial charge in [-0.3, -0.25) is 4.21 Å². The van der Waals surface area contributed by atoms with Crippen molar-refractivity contribution < 1.29 is 28.7 Å². The predicted molar refractivity (Wildman–Crippen MR) is 137 cm³/mol. The first kappa shape index (κ1) is 29.2. The minimum atomic E-state index is -1.68. The van der Waals surface area contributed by atoms with E-state index in [4.69, 9.17) is 4.74 Å². The Morgan fingerprint density at radius 2 is 1.56 bits per heavy atom. The highest BCUT2D eigenvalue weighted by atomic mass is 32.2. The molecule has 0 aliphatic carbocycles. The fourth-order valence-corrected chi connectivity index (χ4v) is 5.00. The number of carbonyl (C=O) groups excluding carboxylic acids is 2. The Balaban J connectivity index is 1.92. The van der Waals surface area contributed by atoms with E-state index in [0.29, 0.717) is 18.1 Å². The average molecular weight is 514 g/mol. The summed E-state index contributed by atoms with van der Waals surface area (Å²) in [7, 11) is -1.68. The van der Waals surface area contributed by atoms with E-state index in [9.17, 15) is 24.0 Å². The molecule has 1 atom stereocenters. The quantitative estimate of drug-likeness (QED) is 0.220. The number of carbonyl (C=O) groups is 2. The van der Waals surface area contributed by atoms with E-state index in [1.165, 1.54) is 69.2 Å². The van der Waals surface area contributed by atoms with E-state index < -0.39 is 22.7 Å². The average Bonchev–Trinajstić information content (AvgIpc) is 2.86. The van der Waals surface area contributed by atoms with Gasteiger partial charge in [0.15, 0.2) is 0 Å². The number of nitrogens with zero attached hydrogens (tertiary/aromatic N) is 1. The Morgan fingerprint density at radius 1 is 0.917 bits per heavy atom. The second kappa shape index (κ2) is 16.6. The van der Waals surface area contributed by atoms with Gasteiger partial charge in [-0.15, -0.1) is 0 Å². The largest absolute Gasteiger partial charge is 0.545 e. The fourth-order valence-electron chi connectivity index (χ4n) is 3.79. The molecule has 0 saturated heterocycles. The van der Waals surface area contributed by atoms with Crippen LogP contribution in [-0.4, -0.2) is 27.7 Å². The Labute approximate surface area is 216 Å². The lowest BCUT2D eigenvalue weighted by molar-refractivity contribution is -0.297. The van der Waals surface area contributed by atoms with Gasteiger partial charge in [0.2, 0.25) is 0 Å². The summed E-state index contributed by atoms with van der Waals surface area (Å²) in [5.74, 6) is -2.39. The number of carboxylic acid groups (broad SMARTS) is 2. The van der Waals surface area contributed by atoms with Gasteiger partial charge in [0, 0.05) is 10.5 Å². The number of hydrogen-bond donors (Lipinski definition) is 0. The molecule has 0 N–H and O–H groups in total. The molecular formula is C28H35NO6S-2. The molecule has 2 rings (SSSR count). The highest BCUT2D eigenvalue weighted by Gasteiger charge is 2.13. The normalized spacial score (nSPS) is 12.0. The lowest BCUT2D eigenvalue weighted by Crippen LogP contribution is -2.24. The number of aromatic nitrogens is 1. The molecular weight excluding hydrogens is 478 g/mol. The first-order valence-corrected chi connectivity index (χ1v) is 13.9. The van der Waals surface area contributed by atoms with Gasteiger partial charge < -0.3 is 24.5 Å². The Kier molecular flexibility index (Phi) is 13.5. The van der Waals surface area contributed by atoms with Gasteiger partial charge in [0.25, 0.3) is 0 Å². The zero-order chi connectivity index (χ0) is 26.2. The molecule has 7 nitrogen and oxygen atoms in total. The van der Waals surface area contributed by atoms with Crippen LogP contribution in [0.4, 0.5) is 0 Å². The van der Waals surface area contributed by atoms with Gasteiger partial charge in [0.05, 0.1) is 40.8 Å². The third-order valence-corrected chi connectivity index (χ3v) is 7.11. The summed E-state index contributed by atoms with van der Waals surface area (Å²) < 4.78 is 18.7. The molecule has 196 valence electrons. The van der Waals surface area contributed by atoms with Crippen molar-refractivity contribution in [2.75, 3.05) is 6.61 Å². The third-order valence-electron chi connectivity index (χ3n) is 5.71. The van der Waals surface area contributed by atoms with Gasteiger partial charge in [0.1, 0.15) is 11.4 Å². The molecule has 0 aliphatic rings. The predicted octanol–water partition coefficient (Wildman–Crippen LogP) is 3.82. The van der Waals surface area contributed by atoms with Crippen molar-refractivity contribution in [3.8, 4) is 5.75 Å². The molecule has 0 aliphatic heterocycles. The summed E-state index contributed by atoms with van der Waals surface area (Å²) in [6.07, 6.45) is 14.3. The van der Waals surface area contributed by atoms with Crippen LogP contribution >= 0.6 is 0 Å². The molecule has 0 saturated carbocycles. The lowest BCUT2D eigenvalue weighted by Gasteiger charge is -2.12. The fraction of sp³-hybridized carbons (Fsp3) is 0.464. The number of hydrogen-bond acceptors (Lipinski definition) is 7. The topological polar surface area (TPSA) is 119 Å². The molecule has 1 heterocycles. The second-order valence-electron chi connectivity index (χ2n) is 8.64. The van der Waals surface area contributed by atoms with Gasteiger partial charge in [-0.1, -0.05) is 82.9 Å². The molecule has 0 amide bonds. The monoisotopic (exact) mass is 513 g/mol. The highest BCUT2D eigenvalue weighted by molar-refractivity contribution is 7.84. The SMILES string of the molecule is CCCCCCCCCCCCOc1ccc(CS(=O)c2ccccc2C(=O)[O-])nc1/C=C/C(=O)[O-]. The molecule has 1 aromatic carbocycles. The molecule has 2 aromatic rings. The molecule has 0 spiro atoms. The summed E-state index contributed by atoms with van der Waals surface area (Å²) in [5.41, 5.74) is 0.559. The smallest absolute Gasteiger partial charge is 0.144 e. The van der Waals surface area contributed by atoms with Crippen molar-refractivity contribution >= 4 is 28.8 Å². The van der Waals surface area contributed by atoms with Crippen LogP contribution in [0.3, 0.4) is 0 Å². The van der Waals surface area contributed by atoms with Crippen molar-refractivity contribution in [2.45, 2.75) is 81.8 Å². The van der Waals surface area contributed by atoms with Crippen LogP contribution in [0.2, 0.25) is 0 Å². The number of ether oxygens (including phenoxy) is 1. The second-order valence-corrected chi connectivity index (χ2v) is 10.1. The van der Waals surface area contributed by atoms with Gasteiger partial charge in [-0.05, 0) is 36.8 Å². The minimum absolute atomic E-state index is 0.0464. The summed E-state index contributed by atoms with van der Waals surface area (Å²) in [6.45, 7) is 2.70. The number of rotatable bonds is 18. The molecule has 1 aromatic heterocycles. The molecule has 0 fully saturated rings. The van der Waals surface area contributed by atoms with Crippen LogP contribution in [0.1, 0.15) is 92.9 Å². The maximum Gasteiger partial charge on any atom is 0.144 e. The van der Waals surface area contributed by atoms with E-state index >= 15 is 0 Å². The van der Waals surface area contributed by atoms with E-state index in [1.807, 2.05) is 0 Å². The van der Waals surface area contributed by atoms with Crippen LogP contribution < -0.4 is 14.9 Å². The molecule has 0 bridgehead atoms. The molecule has 36 heavy (non-hydrogen) atoms. The number of aliphatic carboxylic acids is 1. The van der Waals surface area contributed by atoms with E-state index in [-0.39, 0.29) is 21.9 Å². The number of benzene rings is 1. The van der Waals surface area contributed by atoms with Gasteiger partial charge in [-0.25, -0.2) is 4.98 Å². The van der Waals surface area contributed by atoms with Crippen molar-refractivity contribution in [1.82, 2.24) is 4.98 Å². The summed E-state index contributed by atoms with van der Waals surface area (Å²) >= 11 is 0. The van der Waals surface area contributed by atoms with Gasteiger partial charge in [-0.2, -0.15) is 0 Å². The van der Waals surface area contributed by atoms with E-state index in [0.717, 1.165) is 25.3 Å². The van der Waals surface area contributed by atoms with Crippen LogP contribution in [0, 0.1) is 0 Å². The maximum atomic E-state index is 12.8. The van der Waals surface area contributed by atoms with Gasteiger partial charge >= 0.3 is 0 Å². The van der Waals surface area contributed by atoms with Crippen LogP contribution in [-0.2, 0) is 21.3 Å². The summed E-state index contributed by atoms with van der Waals surface area (Å²) in [5, 5.41) is 22.2. The van der Waals surface area contributed by atoms with Crippen LogP contribution in [0.25, 0.3) is 6.08 Å². The Morgan fingerprint density at radius 3 is 2.19 bits per heavy atom. The van der Waals surface area contributed by atoms with Crippen molar-refractivity contribution in [1.29, 1.82) is 0 Å². The molecule has 1 unspecified atom stereocenters. The van der Waals surface area contributed by atoms with Crippen LogP contribution in [0.5, 0.6) is 5.75 Å². The summed E-state index contributed by atoms with van der Waals surface area (Å²) in [6, 6.07) is 9.26. The standard InChI is InChI=1S/C28H37NO6S/c1-2-3-4-5-6-7-8-9-10-13-20-35-25-18-16-22(29-24(25)17-19-27(30)31)21-36(34)26-15-12-11-14-23(26)28(32)33/h11-12,14-19H,2-10,13,20-21H2,1H3,(H,30,31)(H,32,33)/p-2/b19-17+. The summed E-state index contributed by atoms with van der Waals surface area (Å²) in [4.78, 5) is 26.8. The van der Waals surface area contributed by atoms with Crippen LogP contribution in [0.15, 0.2) is 47.4 Å². The van der Waals surface area contributed by atoms with Crippen molar-refractivity contribution in [2.24, 2.45) is 0 Å². The lowest BCUT2D eigenvalue weighted by atomic mass is 10.1. The number of carboxylic acids is 2. The first-order valence-electron chi connectivity index (χ1n) is 12.6. The Bertz CT molecular complexity index is 1040. The van der Waals surface area contributed by atoms with Crippen molar-refractivity contribution in [3.05, 3.63) is 59.4 Å². The molecule has 0 radical (unpaired) electrons. The van der Waals surface area contributed by atoms with Crippen molar-refractivity contribution in [3.63, 3.8) is 0 Å². The highest BCUT2D eigenvalue weighted by Crippen LogP contribution is 2.22. The first-order chi connectivity index (χ1) is 17.4. The maximum absolute atomic E-state index is 12.8.